The summed E-state index contributed by atoms with van der Waals surface area (Å²) in [7, 11) is 8.65. The van der Waals surface area contributed by atoms with Gasteiger partial charge in [0.25, 0.3) is 35.4 Å². The number of nitrogens with two attached hydrogens (primary N) is 2. The predicted molar refractivity (Wildman–Crippen MR) is 260 cm³/mol. The zero-order chi connectivity index (χ0) is 50.5. The van der Waals surface area contributed by atoms with Crippen LogP contribution in [-0.2, 0) is 0 Å². The maximum atomic E-state index is 13.9. The number of benzene rings is 3. The second-order valence-corrected chi connectivity index (χ2v) is 17.9. The average Bonchev–Trinajstić information content (AvgIpc) is 4.05. The lowest BCUT2D eigenvalue weighted by atomic mass is 9.82. The number of rotatable bonds is 22. The van der Waals surface area contributed by atoms with Crippen molar-refractivity contribution in [1.29, 1.82) is 0 Å². The molecule has 380 valence electrons. The van der Waals surface area contributed by atoms with Crippen LogP contribution in [0.25, 0.3) is 0 Å². The highest BCUT2D eigenvalue weighted by molar-refractivity contribution is 6.05. The van der Waals surface area contributed by atoms with Crippen LogP contribution in [-0.4, -0.2) is 128 Å². The van der Waals surface area contributed by atoms with E-state index in [9.17, 15) is 28.8 Å². The van der Waals surface area contributed by atoms with Crippen molar-refractivity contribution in [3.05, 3.63) is 69.8 Å². The van der Waals surface area contributed by atoms with Crippen LogP contribution in [0, 0.1) is 5.41 Å². The van der Waals surface area contributed by atoms with Crippen molar-refractivity contribution in [2.75, 3.05) is 68.8 Å². The predicted octanol–water partition coefficient (Wildman–Crippen LogP) is 3.23. The van der Waals surface area contributed by atoms with E-state index in [0.29, 0.717) is 77.5 Å². The number of carbonyl (C=O) groups is 6. The first kappa shape index (κ1) is 52.6. The van der Waals surface area contributed by atoms with Gasteiger partial charge in [-0.2, -0.15) is 0 Å². The molecule has 1 atom stereocenters. The fourth-order valence-corrected chi connectivity index (χ4v) is 9.41. The molecule has 0 aliphatic heterocycles. The fourth-order valence-electron chi connectivity index (χ4n) is 9.41. The molecule has 10 N–H and O–H groups in total. The largest absolute Gasteiger partial charge is 0.496 e. The Hall–Kier alpha value is -6.80. The number of hydrogen-bond acceptors (Lipinski definition) is 14. The summed E-state index contributed by atoms with van der Waals surface area (Å²) >= 11 is 0. The maximum absolute atomic E-state index is 13.9. The first-order valence-electron chi connectivity index (χ1n) is 23.7. The molecule has 3 saturated carbocycles. The van der Waals surface area contributed by atoms with Crippen molar-refractivity contribution in [2.45, 2.75) is 94.8 Å². The van der Waals surface area contributed by atoms with E-state index in [0.717, 1.165) is 19.3 Å². The number of methoxy groups -OCH3 is 6. The summed E-state index contributed by atoms with van der Waals surface area (Å²) in [5, 5.41) is 18.0. The molecule has 70 heavy (non-hydrogen) atoms. The van der Waals surface area contributed by atoms with Crippen LogP contribution in [0.1, 0.15) is 133 Å². The molecule has 0 bridgehead atoms. The molecule has 0 radical (unpaired) electrons. The number of ether oxygens (including phenoxy) is 6. The molecule has 0 heterocycles. The lowest BCUT2D eigenvalue weighted by molar-refractivity contribution is 0.0887. The van der Waals surface area contributed by atoms with E-state index in [4.69, 9.17) is 39.9 Å². The molecule has 3 aliphatic rings. The van der Waals surface area contributed by atoms with Crippen LogP contribution in [0.2, 0.25) is 0 Å². The highest BCUT2D eigenvalue weighted by atomic mass is 16.5. The van der Waals surface area contributed by atoms with E-state index >= 15 is 0 Å². The van der Waals surface area contributed by atoms with E-state index in [1.165, 1.54) is 79.1 Å². The number of hydrogen-bond donors (Lipinski definition) is 8. The quantitative estimate of drug-likeness (QED) is 0.0672. The van der Waals surface area contributed by atoms with Gasteiger partial charge in [-0.1, -0.05) is 0 Å². The Morgan fingerprint density at radius 2 is 0.729 bits per heavy atom. The minimum Gasteiger partial charge on any atom is -0.496 e. The SMILES string of the molecule is COc1cc(OC)c(C(=O)NC2CCC(NC(=O)c3cc(C(=O)NC4CC45CCC(NC(=O)c4cc(C(=O)NCCCN)c(OC)cc4OC)CC5)c(OC)cc3OC)CC2)cc1C(=O)NCCCN. The summed E-state index contributed by atoms with van der Waals surface area (Å²) in [6.45, 7) is 1.59. The van der Waals surface area contributed by atoms with Gasteiger partial charge in [-0.15, -0.1) is 0 Å². The lowest BCUT2D eigenvalue weighted by Crippen LogP contribution is -2.44. The van der Waals surface area contributed by atoms with E-state index < -0.39 is 17.7 Å². The number of amides is 6. The van der Waals surface area contributed by atoms with Gasteiger partial charge in [-0.05, 0) is 107 Å². The molecule has 1 unspecified atom stereocenters. The van der Waals surface area contributed by atoms with E-state index in [1.807, 2.05) is 0 Å². The molecular weight excluding hydrogens is 905 g/mol. The third-order valence-corrected chi connectivity index (χ3v) is 13.6. The maximum Gasteiger partial charge on any atom is 0.255 e. The molecule has 1 spiro atoms. The van der Waals surface area contributed by atoms with E-state index in [-0.39, 0.29) is 115 Å². The standard InChI is InChI=1S/C50H68N8O12/c1-65-37-24-39(67-3)33(21-31(37)44(59)53-19-7-17-51)46(61)55-28-9-11-29(12-10-28)56-47(62)35-23-36(42(70-6)26-41(35)69-5)49(64)58-43-27-50(43)15-13-30(14-16-50)57-48(63)34-22-32(45(60)54-20-8-18-52)38(66-2)25-40(34)68-4/h21-26,28-30,43H,7-20,27,51-52H2,1-6H3,(H,53,59)(H,54,60)(H,55,61)(H,56,62)(H,57,63)(H,58,64). The van der Waals surface area contributed by atoms with Gasteiger partial charge in [-0.3, -0.25) is 28.8 Å². The molecular formula is C50H68N8O12. The van der Waals surface area contributed by atoms with Gasteiger partial charge in [0.1, 0.15) is 34.5 Å². The molecule has 6 rings (SSSR count). The second-order valence-electron chi connectivity index (χ2n) is 17.9. The summed E-state index contributed by atoms with van der Waals surface area (Å²) in [5.74, 6) is -0.806. The normalized spacial score (nSPS) is 20.2. The first-order chi connectivity index (χ1) is 33.8. The van der Waals surface area contributed by atoms with Crippen LogP contribution in [0.5, 0.6) is 34.5 Å². The summed E-state index contributed by atoms with van der Waals surface area (Å²) in [5.41, 5.74) is 12.2. The summed E-state index contributed by atoms with van der Waals surface area (Å²) in [4.78, 5) is 80.9. The summed E-state index contributed by atoms with van der Waals surface area (Å²) in [6.07, 6.45) is 7.13. The minimum atomic E-state index is -0.418. The van der Waals surface area contributed by atoms with Crippen molar-refractivity contribution in [2.24, 2.45) is 16.9 Å². The minimum absolute atomic E-state index is 0.114. The molecule has 3 fully saturated rings. The van der Waals surface area contributed by atoms with Gasteiger partial charge in [0.05, 0.1) is 76.0 Å². The Morgan fingerprint density at radius 3 is 1.03 bits per heavy atom. The topological polar surface area (TPSA) is 282 Å². The smallest absolute Gasteiger partial charge is 0.255 e. The van der Waals surface area contributed by atoms with Gasteiger partial charge in [0.15, 0.2) is 0 Å². The Labute approximate surface area is 408 Å². The Kier molecular flexibility index (Phi) is 18.1. The van der Waals surface area contributed by atoms with Crippen LogP contribution >= 0.6 is 0 Å². The Bertz CT molecular complexity index is 2400. The zero-order valence-electron chi connectivity index (χ0n) is 40.9. The average molecular weight is 973 g/mol. The molecule has 3 aromatic rings. The first-order valence-corrected chi connectivity index (χ1v) is 23.7. The molecule has 3 aromatic carbocycles. The highest BCUT2D eigenvalue weighted by Gasteiger charge is 2.56. The van der Waals surface area contributed by atoms with Crippen LogP contribution in [0.15, 0.2) is 36.4 Å². The second kappa shape index (κ2) is 24.2. The Morgan fingerprint density at radius 1 is 0.443 bits per heavy atom. The molecule has 3 aliphatic carbocycles. The summed E-state index contributed by atoms with van der Waals surface area (Å²) < 4.78 is 33.0. The van der Waals surface area contributed by atoms with Crippen molar-refractivity contribution >= 4 is 35.4 Å². The molecule has 0 saturated heterocycles. The van der Waals surface area contributed by atoms with Gasteiger partial charge >= 0.3 is 0 Å². The third kappa shape index (κ3) is 12.3. The van der Waals surface area contributed by atoms with Crippen molar-refractivity contribution < 1.29 is 57.2 Å². The van der Waals surface area contributed by atoms with Gasteiger partial charge in [-0.25, -0.2) is 0 Å². The fraction of sp³-hybridized carbons (Fsp3) is 0.520. The summed E-state index contributed by atoms with van der Waals surface area (Å²) in [6, 6.07) is 8.33. The molecule has 20 heteroatoms. The monoisotopic (exact) mass is 972 g/mol. The van der Waals surface area contributed by atoms with Gasteiger partial charge in [0, 0.05) is 55.5 Å². The van der Waals surface area contributed by atoms with Crippen molar-refractivity contribution in [3.8, 4) is 34.5 Å². The zero-order valence-corrected chi connectivity index (χ0v) is 40.9. The third-order valence-electron chi connectivity index (χ3n) is 13.6. The van der Waals surface area contributed by atoms with E-state index in [2.05, 4.69) is 31.9 Å². The van der Waals surface area contributed by atoms with Crippen molar-refractivity contribution in [3.63, 3.8) is 0 Å². The lowest BCUT2D eigenvalue weighted by Gasteiger charge is -2.30. The van der Waals surface area contributed by atoms with Crippen LogP contribution in [0.3, 0.4) is 0 Å². The molecule has 0 aromatic heterocycles. The molecule has 6 amide bonds. The van der Waals surface area contributed by atoms with Gasteiger partial charge < -0.3 is 71.8 Å². The highest BCUT2D eigenvalue weighted by Crippen LogP contribution is 2.56. The van der Waals surface area contributed by atoms with Crippen LogP contribution in [0.4, 0.5) is 0 Å². The molecule has 20 nitrogen and oxygen atoms in total. The number of carbonyl (C=O) groups excluding carboxylic acids is 6. The number of nitrogens with one attached hydrogen (secondary N) is 6. The Balaban J connectivity index is 1.03. The van der Waals surface area contributed by atoms with E-state index in [1.54, 1.807) is 0 Å². The van der Waals surface area contributed by atoms with Gasteiger partial charge in [0.2, 0.25) is 0 Å². The van der Waals surface area contributed by atoms with Crippen LogP contribution < -0.4 is 71.8 Å². The van der Waals surface area contributed by atoms with Crippen molar-refractivity contribution in [1.82, 2.24) is 31.9 Å².